The lowest BCUT2D eigenvalue weighted by atomic mass is 10.1. The van der Waals surface area contributed by atoms with Gasteiger partial charge in [0.05, 0.1) is 22.0 Å². The number of ether oxygens (including phenoxy) is 1. The summed E-state index contributed by atoms with van der Waals surface area (Å²) in [4.78, 5) is 24.6. The molecule has 0 radical (unpaired) electrons. The van der Waals surface area contributed by atoms with Gasteiger partial charge in [0.1, 0.15) is 6.33 Å². The molecule has 0 bridgehead atoms. The maximum absolute atomic E-state index is 12.4. The van der Waals surface area contributed by atoms with Crippen LogP contribution in [-0.4, -0.2) is 38.7 Å². The molecule has 3 aromatic rings. The van der Waals surface area contributed by atoms with Gasteiger partial charge in [-0.25, -0.2) is 4.79 Å². The Morgan fingerprint density at radius 1 is 1.22 bits per heavy atom. The number of para-hydroxylation sites is 1. The zero-order valence-corrected chi connectivity index (χ0v) is 15.4. The quantitative estimate of drug-likeness (QED) is 0.678. The molecule has 138 valence electrons. The summed E-state index contributed by atoms with van der Waals surface area (Å²) in [7, 11) is 0. The first-order chi connectivity index (χ1) is 13.0. The van der Waals surface area contributed by atoms with E-state index >= 15 is 0 Å². The van der Waals surface area contributed by atoms with Crippen molar-refractivity contribution < 1.29 is 14.3 Å². The third kappa shape index (κ3) is 4.29. The van der Waals surface area contributed by atoms with Crippen LogP contribution in [0.15, 0.2) is 42.7 Å². The Hall–Kier alpha value is -3.26. The summed E-state index contributed by atoms with van der Waals surface area (Å²) in [6, 6.07) is 10.3. The topological polar surface area (TPSA) is 99.0 Å². The van der Waals surface area contributed by atoms with Crippen molar-refractivity contribution in [1.82, 2.24) is 20.2 Å². The highest BCUT2D eigenvalue weighted by molar-refractivity contribution is 6.34. The Bertz CT molecular complexity index is 965. The van der Waals surface area contributed by atoms with E-state index in [0.29, 0.717) is 16.4 Å². The molecule has 0 fully saturated rings. The van der Waals surface area contributed by atoms with Crippen molar-refractivity contribution in [2.24, 2.45) is 0 Å². The summed E-state index contributed by atoms with van der Waals surface area (Å²) in [5.41, 5.74) is 3.00. The summed E-state index contributed by atoms with van der Waals surface area (Å²) in [6.07, 6.45) is 1.36. The van der Waals surface area contributed by atoms with Gasteiger partial charge in [0.15, 0.2) is 6.61 Å². The van der Waals surface area contributed by atoms with Gasteiger partial charge in [-0.3, -0.25) is 4.79 Å². The number of amides is 1. The molecule has 3 rings (SSSR count). The first-order valence-corrected chi connectivity index (χ1v) is 8.39. The lowest BCUT2D eigenvalue weighted by Gasteiger charge is -2.12. The summed E-state index contributed by atoms with van der Waals surface area (Å²) < 4.78 is 6.47. The maximum atomic E-state index is 12.4. The number of esters is 1. The summed E-state index contributed by atoms with van der Waals surface area (Å²) >= 11 is 6.17. The maximum Gasteiger partial charge on any atom is 0.340 e. The van der Waals surface area contributed by atoms with Gasteiger partial charge in [-0.15, -0.1) is 5.10 Å². The Morgan fingerprint density at radius 3 is 2.70 bits per heavy atom. The summed E-state index contributed by atoms with van der Waals surface area (Å²) in [5.74, 6) is -1.15. The minimum absolute atomic E-state index is 0.238. The monoisotopic (exact) mass is 385 g/mol. The molecular formula is C18H16ClN5O3. The van der Waals surface area contributed by atoms with Crippen LogP contribution in [0.2, 0.25) is 5.02 Å². The van der Waals surface area contributed by atoms with Gasteiger partial charge < -0.3 is 10.1 Å². The number of nitrogens with one attached hydrogen (secondary N) is 1. The fourth-order valence-electron chi connectivity index (χ4n) is 2.58. The lowest BCUT2D eigenvalue weighted by Crippen LogP contribution is -2.22. The molecule has 0 aliphatic rings. The number of rotatable bonds is 5. The van der Waals surface area contributed by atoms with E-state index in [1.165, 1.54) is 11.0 Å². The largest absolute Gasteiger partial charge is 0.452 e. The molecule has 1 N–H and O–H groups in total. The van der Waals surface area contributed by atoms with E-state index in [9.17, 15) is 9.59 Å². The molecule has 1 aromatic heterocycles. The second kappa shape index (κ2) is 7.96. The van der Waals surface area contributed by atoms with Crippen molar-refractivity contribution in [3.8, 4) is 5.69 Å². The number of aryl methyl sites for hydroxylation is 2. The molecular weight excluding hydrogens is 370 g/mol. The van der Waals surface area contributed by atoms with Gasteiger partial charge in [0.25, 0.3) is 5.91 Å². The number of anilines is 1. The Labute approximate surface area is 160 Å². The van der Waals surface area contributed by atoms with Gasteiger partial charge >= 0.3 is 5.97 Å². The SMILES string of the molecule is Cc1cc(C)c(NC(=O)COC(=O)c2ccccc2-n2cnnn2)c(Cl)c1. The minimum atomic E-state index is -0.664. The van der Waals surface area contributed by atoms with Crippen molar-refractivity contribution in [3.05, 3.63) is 64.4 Å². The number of benzene rings is 2. The number of nitrogens with zero attached hydrogens (tertiary/aromatic N) is 4. The summed E-state index contributed by atoms with van der Waals surface area (Å²) in [6.45, 7) is 3.30. The first kappa shape index (κ1) is 18.5. The molecule has 27 heavy (non-hydrogen) atoms. The minimum Gasteiger partial charge on any atom is -0.452 e. The normalized spacial score (nSPS) is 10.5. The van der Waals surface area contributed by atoms with E-state index in [4.69, 9.17) is 16.3 Å². The van der Waals surface area contributed by atoms with Crippen LogP contribution in [0, 0.1) is 13.8 Å². The number of carbonyl (C=O) groups excluding carboxylic acids is 2. The molecule has 1 amide bonds. The van der Waals surface area contributed by atoms with Crippen LogP contribution in [0.3, 0.4) is 0 Å². The van der Waals surface area contributed by atoms with Gasteiger partial charge in [0, 0.05) is 0 Å². The molecule has 0 unspecified atom stereocenters. The van der Waals surface area contributed by atoms with Crippen molar-refractivity contribution in [2.75, 3.05) is 11.9 Å². The van der Waals surface area contributed by atoms with Gasteiger partial charge in [0.2, 0.25) is 0 Å². The molecule has 0 saturated carbocycles. The van der Waals surface area contributed by atoms with E-state index in [1.54, 1.807) is 30.3 Å². The van der Waals surface area contributed by atoms with Crippen molar-refractivity contribution in [3.63, 3.8) is 0 Å². The number of hydrogen-bond donors (Lipinski definition) is 1. The lowest BCUT2D eigenvalue weighted by molar-refractivity contribution is -0.119. The fourth-order valence-corrected chi connectivity index (χ4v) is 2.94. The van der Waals surface area contributed by atoms with E-state index in [0.717, 1.165) is 11.1 Å². The first-order valence-electron chi connectivity index (χ1n) is 8.02. The van der Waals surface area contributed by atoms with Crippen LogP contribution in [-0.2, 0) is 9.53 Å². The zero-order chi connectivity index (χ0) is 19.4. The van der Waals surface area contributed by atoms with Crippen LogP contribution in [0.25, 0.3) is 5.69 Å². The van der Waals surface area contributed by atoms with E-state index in [1.807, 2.05) is 19.9 Å². The third-order valence-corrected chi connectivity index (χ3v) is 4.05. The Kier molecular flexibility index (Phi) is 5.46. The van der Waals surface area contributed by atoms with Crippen molar-refractivity contribution in [1.29, 1.82) is 0 Å². The third-order valence-electron chi connectivity index (χ3n) is 3.75. The molecule has 0 saturated heterocycles. The van der Waals surface area contributed by atoms with Gasteiger partial charge in [-0.1, -0.05) is 29.8 Å². The standard InChI is InChI=1S/C18H16ClN5O3/c1-11-7-12(2)17(14(19)8-11)21-16(25)9-27-18(26)13-5-3-4-6-15(13)24-10-20-22-23-24/h3-8,10H,9H2,1-2H3,(H,21,25). The number of aromatic nitrogens is 4. The number of halogens is 1. The second-order valence-electron chi connectivity index (χ2n) is 5.83. The number of hydrogen-bond acceptors (Lipinski definition) is 6. The predicted octanol–water partition coefficient (Wildman–Crippen LogP) is 2.73. The highest BCUT2D eigenvalue weighted by Gasteiger charge is 2.17. The van der Waals surface area contributed by atoms with Crippen LogP contribution in [0.1, 0.15) is 21.5 Å². The smallest absolute Gasteiger partial charge is 0.340 e. The second-order valence-corrected chi connectivity index (χ2v) is 6.24. The van der Waals surface area contributed by atoms with Crippen LogP contribution >= 0.6 is 11.6 Å². The van der Waals surface area contributed by atoms with Gasteiger partial charge in [-0.05, 0) is 53.6 Å². The van der Waals surface area contributed by atoms with Crippen LogP contribution in [0.4, 0.5) is 5.69 Å². The average Bonchev–Trinajstić information content (AvgIpc) is 3.17. The average molecular weight is 386 g/mol. The molecule has 2 aromatic carbocycles. The van der Waals surface area contributed by atoms with Crippen molar-refractivity contribution >= 4 is 29.2 Å². The van der Waals surface area contributed by atoms with Gasteiger partial charge in [-0.2, -0.15) is 4.68 Å². The van der Waals surface area contributed by atoms with E-state index < -0.39 is 18.5 Å². The molecule has 0 aliphatic carbocycles. The summed E-state index contributed by atoms with van der Waals surface area (Å²) in [5, 5.41) is 13.9. The molecule has 8 nitrogen and oxygen atoms in total. The molecule has 1 heterocycles. The van der Waals surface area contributed by atoms with E-state index in [2.05, 4.69) is 20.8 Å². The predicted molar refractivity (Wildman–Crippen MR) is 99.0 cm³/mol. The van der Waals surface area contributed by atoms with Crippen molar-refractivity contribution in [2.45, 2.75) is 13.8 Å². The highest BCUT2D eigenvalue weighted by Crippen LogP contribution is 2.27. The number of carbonyl (C=O) groups is 2. The highest BCUT2D eigenvalue weighted by atomic mass is 35.5. The van der Waals surface area contributed by atoms with E-state index in [-0.39, 0.29) is 5.56 Å². The molecule has 0 atom stereocenters. The fraction of sp³-hybridized carbons (Fsp3) is 0.167. The van der Waals surface area contributed by atoms with Crippen LogP contribution < -0.4 is 5.32 Å². The number of tetrazole rings is 1. The zero-order valence-electron chi connectivity index (χ0n) is 14.6. The molecule has 0 spiro atoms. The van der Waals surface area contributed by atoms with Crippen LogP contribution in [0.5, 0.6) is 0 Å². The Balaban J connectivity index is 1.68. The molecule has 0 aliphatic heterocycles. The molecule has 9 heteroatoms. The Morgan fingerprint density at radius 2 is 2.00 bits per heavy atom.